The van der Waals surface area contributed by atoms with Gasteiger partial charge in [-0.2, -0.15) is 0 Å². The average molecular weight is 299 g/mol. The summed E-state index contributed by atoms with van der Waals surface area (Å²) < 4.78 is 0. The van der Waals surface area contributed by atoms with Gasteiger partial charge in [-0.15, -0.1) is 0 Å². The summed E-state index contributed by atoms with van der Waals surface area (Å²) in [5.41, 5.74) is 1.75. The Kier molecular flexibility index (Phi) is 4.60. The van der Waals surface area contributed by atoms with E-state index < -0.39 is 0 Å². The first kappa shape index (κ1) is 14.9. The second kappa shape index (κ2) is 6.81. The molecule has 3 heterocycles. The van der Waals surface area contributed by atoms with Gasteiger partial charge in [-0.05, 0) is 19.1 Å². The molecule has 1 N–H and O–H groups in total. The summed E-state index contributed by atoms with van der Waals surface area (Å²) in [5.74, 6) is 1.63. The first-order valence-corrected chi connectivity index (χ1v) is 7.61. The summed E-state index contributed by atoms with van der Waals surface area (Å²) in [6, 6.07) is 7.79. The van der Waals surface area contributed by atoms with Gasteiger partial charge in [0.2, 0.25) is 0 Å². The number of pyridine rings is 1. The van der Waals surface area contributed by atoms with Crippen molar-refractivity contribution in [1.82, 2.24) is 19.9 Å². The number of hydrogen-bond acceptors (Lipinski definition) is 6. The van der Waals surface area contributed by atoms with Crippen LogP contribution < -0.4 is 4.90 Å². The quantitative estimate of drug-likeness (QED) is 0.907. The highest BCUT2D eigenvalue weighted by Gasteiger charge is 2.18. The van der Waals surface area contributed by atoms with Gasteiger partial charge in [-0.1, -0.05) is 6.07 Å². The van der Waals surface area contributed by atoms with Crippen molar-refractivity contribution in [1.29, 1.82) is 0 Å². The van der Waals surface area contributed by atoms with Gasteiger partial charge in [0.05, 0.1) is 6.61 Å². The topological polar surface area (TPSA) is 65.4 Å². The Morgan fingerprint density at radius 1 is 1.14 bits per heavy atom. The van der Waals surface area contributed by atoms with E-state index in [1.54, 1.807) is 6.20 Å². The van der Waals surface area contributed by atoms with Crippen LogP contribution in [0.4, 0.5) is 5.82 Å². The van der Waals surface area contributed by atoms with Gasteiger partial charge in [0, 0.05) is 50.7 Å². The highest BCUT2D eigenvalue weighted by Crippen LogP contribution is 2.19. The number of anilines is 1. The van der Waals surface area contributed by atoms with Gasteiger partial charge < -0.3 is 10.0 Å². The van der Waals surface area contributed by atoms with E-state index in [4.69, 9.17) is 5.11 Å². The normalized spacial score (nSPS) is 16.0. The molecule has 116 valence electrons. The molecule has 0 aliphatic carbocycles. The molecule has 2 aromatic rings. The van der Waals surface area contributed by atoms with Gasteiger partial charge >= 0.3 is 0 Å². The Morgan fingerprint density at radius 3 is 2.64 bits per heavy atom. The Labute approximate surface area is 130 Å². The van der Waals surface area contributed by atoms with Gasteiger partial charge in [-0.3, -0.25) is 9.88 Å². The molecule has 0 spiro atoms. The Morgan fingerprint density at radius 2 is 1.95 bits per heavy atom. The van der Waals surface area contributed by atoms with Crippen LogP contribution in [0.2, 0.25) is 0 Å². The van der Waals surface area contributed by atoms with Crippen LogP contribution >= 0.6 is 0 Å². The van der Waals surface area contributed by atoms with Gasteiger partial charge in [0.25, 0.3) is 0 Å². The molecule has 1 saturated heterocycles. The molecule has 0 bridgehead atoms. The number of aromatic nitrogens is 3. The highest BCUT2D eigenvalue weighted by atomic mass is 16.3. The third-order valence-electron chi connectivity index (χ3n) is 3.85. The second-order valence-corrected chi connectivity index (χ2v) is 5.46. The van der Waals surface area contributed by atoms with E-state index >= 15 is 0 Å². The van der Waals surface area contributed by atoms with Crippen molar-refractivity contribution >= 4 is 5.82 Å². The zero-order valence-electron chi connectivity index (χ0n) is 12.8. The summed E-state index contributed by atoms with van der Waals surface area (Å²) in [6.07, 6.45) is 1.76. The summed E-state index contributed by atoms with van der Waals surface area (Å²) in [7, 11) is 0. The zero-order chi connectivity index (χ0) is 15.4. The minimum Gasteiger partial charge on any atom is -0.395 e. The SMILES string of the molecule is Cc1cc(N2CCN(CCO)CC2)nc(-c2ccccn2)n1. The van der Waals surface area contributed by atoms with Crippen LogP contribution in [0.25, 0.3) is 11.5 Å². The maximum atomic E-state index is 9.02. The third-order valence-corrected chi connectivity index (χ3v) is 3.85. The fourth-order valence-corrected chi connectivity index (χ4v) is 2.67. The Bertz CT molecular complexity index is 611. The molecule has 2 aromatic heterocycles. The van der Waals surface area contributed by atoms with Crippen LogP contribution in [0.1, 0.15) is 5.69 Å². The number of nitrogens with zero attached hydrogens (tertiary/aromatic N) is 5. The lowest BCUT2D eigenvalue weighted by Gasteiger charge is -2.35. The number of β-amino-alcohol motifs (C(OH)–C–C–N with tert-alkyl or cyclic N) is 1. The highest BCUT2D eigenvalue weighted by molar-refractivity contribution is 5.53. The van der Waals surface area contributed by atoms with Crippen LogP contribution in [0.15, 0.2) is 30.5 Å². The average Bonchev–Trinajstić information content (AvgIpc) is 2.56. The minimum atomic E-state index is 0.219. The van der Waals surface area contributed by atoms with Crippen molar-refractivity contribution in [2.45, 2.75) is 6.92 Å². The van der Waals surface area contributed by atoms with Gasteiger partial charge in [0.1, 0.15) is 11.5 Å². The second-order valence-electron chi connectivity index (χ2n) is 5.46. The van der Waals surface area contributed by atoms with Crippen molar-refractivity contribution in [2.75, 3.05) is 44.2 Å². The molecule has 0 aromatic carbocycles. The summed E-state index contributed by atoms with van der Waals surface area (Å²) in [6.45, 7) is 6.67. The number of aliphatic hydroxyl groups excluding tert-OH is 1. The minimum absolute atomic E-state index is 0.219. The predicted molar refractivity (Wildman–Crippen MR) is 85.7 cm³/mol. The number of hydrogen-bond donors (Lipinski definition) is 1. The Hall–Kier alpha value is -2.05. The molecule has 0 saturated carbocycles. The van der Waals surface area contributed by atoms with E-state index in [-0.39, 0.29) is 6.61 Å². The molecule has 22 heavy (non-hydrogen) atoms. The number of piperazine rings is 1. The number of aliphatic hydroxyl groups is 1. The number of rotatable bonds is 4. The zero-order valence-corrected chi connectivity index (χ0v) is 12.8. The largest absolute Gasteiger partial charge is 0.395 e. The van der Waals surface area contributed by atoms with E-state index in [2.05, 4.69) is 24.8 Å². The van der Waals surface area contributed by atoms with Crippen molar-refractivity contribution in [3.8, 4) is 11.5 Å². The first-order chi connectivity index (χ1) is 10.8. The lowest BCUT2D eigenvalue weighted by Crippen LogP contribution is -2.47. The molecule has 0 amide bonds. The van der Waals surface area contributed by atoms with Crippen LogP contribution in [-0.4, -0.2) is 64.3 Å². The van der Waals surface area contributed by atoms with Crippen LogP contribution in [0.5, 0.6) is 0 Å². The standard InChI is InChI=1S/C16H21N5O/c1-13-12-15(21-8-6-20(7-9-21)10-11-22)19-16(18-13)14-4-2-3-5-17-14/h2-5,12,22H,6-11H2,1H3. The van der Waals surface area contributed by atoms with Crippen molar-refractivity contribution in [2.24, 2.45) is 0 Å². The van der Waals surface area contributed by atoms with Crippen LogP contribution in [0, 0.1) is 6.92 Å². The van der Waals surface area contributed by atoms with E-state index in [0.29, 0.717) is 5.82 Å². The monoisotopic (exact) mass is 299 g/mol. The molecule has 0 radical (unpaired) electrons. The summed E-state index contributed by atoms with van der Waals surface area (Å²) >= 11 is 0. The first-order valence-electron chi connectivity index (χ1n) is 7.61. The molecular weight excluding hydrogens is 278 g/mol. The molecule has 1 aliphatic heterocycles. The van der Waals surface area contributed by atoms with Gasteiger partial charge in [0.15, 0.2) is 5.82 Å². The fraction of sp³-hybridized carbons (Fsp3) is 0.438. The van der Waals surface area contributed by atoms with Crippen LogP contribution in [0.3, 0.4) is 0 Å². The van der Waals surface area contributed by atoms with E-state index in [9.17, 15) is 0 Å². The van der Waals surface area contributed by atoms with Crippen molar-refractivity contribution in [3.63, 3.8) is 0 Å². The molecule has 3 rings (SSSR count). The number of aryl methyl sites for hydroxylation is 1. The molecule has 1 aliphatic rings. The lowest BCUT2D eigenvalue weighted by molar-refractivity contribution is 0.188. The van der Waals surface area contributed by atoms with Crippen molar-refractivity contribution in [3.05, 3.63) is 36.2 Å². The molecule has 6 heteroatoms. The van der Waals surface area contributed by atoms with E-state index in [1.807, 2.05) is 31.2 Å². The molecule has 0 unspecified atom stereocenters. The fourth-order valence-electron chi connectivity index (χ4n) is 2.67. The molecule has 6 nitrogen and oxygen atoms in total. The lowest BCUT2D eigenvalue weighted by atomic mass is 10.2. The van der Waals surface area contributed by atoms with Gasteiger partial charge in [-0.25, -0.2) is 9.97 Å². The smallest absolute Gasteiger partial charge is 0.180 e. The van der Waals surface area contributed by atoms with E-state index in [1.165, 1.54) is 0 Å². The summed E-state index contributed by atoms with van der Waals surface area (Å²) in [5, 5.41) is 9.02. The maximum Gasteiger partial charge on any atom is 0.180 e. The predicted octanol–water partition coefficient (Wildman–Crippen LogP) is 0.961. The summed E-state index contributed by atoms with van der Waals surface area (Å²) in [4.78, 5) is 18.1. The van der Waals surface area contributed by atoms with Crippen molar-refractivity contribution < 1.29 is 5.11 Å². The molecular formula is C16H21N5O. The molecule has 1 fully saturated rings. The Balaban J connectivity index is 1.79. The molecule has 0 atom stereocenters. The van der Waals surface area contributed by atoms with E-state index in [0.717, 1.165) is 49.9 Å². The maximum absolute atomic E-state index is 9.02. The third kappa shape index (κ3) is 3.40. The van der Waals surface area contributed by atoms with Crippen LogP contribution in [-0.2, 0) is 0 Å².